The predicted octanol–water partition coefficient (Wildman–Crippen LogP) is 8.63. The van der Waals surface area contributed by atoms with Crippen molar-refractivity contribution in [2.45, 2.75) is 161 Å². The van der Waals surface area contributed by atoms with Gasteiger partial charge in [0.2, 0.25) is 0 Å². The molecule has 0 N–H and O–H groups in total. The molecule has 0 unspecified atom stereocenters. The number of unbranched alkanes of at least 4 members (excludes halogenated alkanes) is 14. The lowest BCUT2D eigenvalue weighted by molar-refractivity contribution is -0.150. The summed E-state index contributed by atoms with van der Waals surface area (Å²) in [6.45, 7) is 5.89. The maximum absolute atomic E-state index is 12.4. The molecule has 0 saturated carbocycles. The fourth-order valence-electron chi connectivity index (χ4n) is 4.51. The van der Waals surface area contributed by atoms with Gasteiger partial charge in [-0.1, -0.05) is 97.3 Å². The van der Waals surface area contributed by atoms with Gasteiger partial charge in [0.15, 0.2) is 0 Å². The molecule has 0 saturated heterocycles. The van der Waals surface area contributed by atoms with Gasteiger partial charge in [-0.15, -0.1) is 0 Å². The molecule has 214 valence electrons. The highest BCUT2D eigenvalue weighted by Crippen LogP contribution is 2.18. The van der Waals surface area contributed by atoms with E-state index in [1.54, 1.807) is 0 Å². The summed E-state index contributed by atoms with van der Waals surface area (Å²) >= 11 is 0. The van der Waals surface area contributed by atoms with Gasteiger partial charge in [0.1, 0.15) is 6.10 Å². The molecule has 0 aliphatic carbocycles. The zero-order chi connectivity index (χ0) is 26.7. The molecule has 0 aromatic heterocycles. The van der Waals surface area contributed by atoms with Crippen LogP contribution in [0.2, 0.25) is 0 Å². The first-order valence-electron chi connectivity index (χ1n) is 15.5. The summed E-state index contributed by atoms with van der Waals surface area (Å²) in [4.78, 5) is 26.1. The Labute approximate surface area is 224 Å². The number of carbonyl (C=O) groups excluding carboxylic acids is 2. The van der Waals surface area contributed by atoms with Gasteiger partial charge in [-0.2, -0.15) is 0 Å². The first-order chi connectivity index (χ1) is 17.5. The van der Waals surface area contributed by atoms with E-state index in [-0.39, 0.29) is 18.0 Å². The number of nitrogens with zero attached hydrogens (tertiary/aromatic N) is 1. The summed E-state index contributed by atoms with van der Waals surface area (Å²) < 4.78 is 11.2. The summed E-state index contributed by atoms with van der Waals surface area (Å²) in [6.07, 6.45) is 24.4. The van der Waals surface area contributed by atoms with E-state index in [0.29, 0.717) is 19.4 Å². The summed E-state index contributed by atoms with van der Waals surface area (Å²) in [5.41, 5.74) is 0. The van der Waals surface area contributed by atoms with Gasteiger partial charge < -0.3 is 14.4 Å². The van der Waals surface area contributed by atoms with Crippen molar-refractivity contribution in [2.75, 3.05) is 27.2 Å². The third-order valence-electron chi connectivity index (χ3n) is 6.83. The number of rotatable bonds is 27. The average molecular weight is 512 g/mol. The Kier molecular flexibility index (Phi) is 26.1. The summed E-state index contributed by atoms with van der Waals surface area (Å²) in [5, 5.41) is 0. The normalized spacial score (nSPS) is 12.1. The molecule has 5 nitrogen and oxygen atoms in total. The standard InChI is InChI=1S/C31H61NO4/c1-5-7-9-10-11-12-15-19-23-29(36-31(34)26-22-27-32(3)4)24-20-16-13-14-17-21-28-35-30(33)25-18-8-6-2/h29H,5-28H2,1-4H3/t29-/m1/s1. The molecule has 0 aromatic rings. The fourth-order valence-corrected chi connectivity index (χ4v) is 4.51. The van der Waals surface area contributed by atoms with Crippen molar-refractivity contribution < 1.29 is 19.1 Å². The second-order valence-electron chi connectivity index (χ2n) is 10.9. The first kappa shape index (κ1) is 34.9. The van der Waals surface area contributed by atoms with Crippen LogP contribution in [0.15, 0.2) is 0 Å². The lowest BCUT2D eigenvalue weighted by Gasteiger charge is -2.18. The molecule has 0 radical (unpaired) electrons. The molecule has 36 heavy (non-hydrogen) atoms. The van der Waals surface area contributed by atoms with Crippen molar-refractivity contribution in [3.05, 3.63) is 0 Å². The molecule has 0 aliphatic heterocycles. The highest BCUT2D eigenvalue weighted by atomic mass is 16.5. The quantitative estimate of drug-likeness (QED) is 0.0816. The molecular formula is C31H61NO4. The minimum atomic E-state index is -0.0396. The number of ether oxygens (including phenoxy) is 2. The lowest BCUT2D eigenvalue weighted by Crippen LogP contribution is -2.20. The Balaban J connectivity index is 3.99. The predicted molar refractivity (Wildman–Crippen MR) is 152 cm³/mol. The maximum atomic E-state index is 12.4. The Hall–Kier alpha value is -1.10. The zero-order valence-electron chi connectivity index (χ0n) is 24.6. The Morgan fingerprint density at radius 2 is 1.06 bits per heavy atom. The molecule has 0 fully saturated rings. The Bertz CT molecular complexity index is 495. The fraction of sp³-hybridized carbons (Fsp3) is 0.935. The van der Waals surface area contributed by atoms with Gasteiger partial charge in [0, 0.05) is 12.8 Å². The van der Waals surface area contributed by atoms with Crippen molar-refractivity contribution in [2.24, 2.45) is 0 Å². The lowest BCUT2D eigenvalue weighted by atomic mass is 10.0. The van der Waals surface area contributed by atoms with E-state index in [9.17, 15) is 9.59 Å². The maximum Gasteiger partial charge on any atom is 0.306 e. The molecule has 0 bridgehead atoms. The second-order valence-corrected chi connectivity index (χ2v) is 10.9. The molecule has 0 rings (SSSR count). The van der Waals surface area contributed by atoms with Crippen molar-refractivity contribution >= 4 is 11.9 Å². The van der Waals surface area contributed by atoms with Gasteiger partial charge in [0.25, 0.3) is 0 Å². The Morgan fingerprint density at radius 3 is 1.61 bits per heavy atom. The van der Waals surface area contributed by atoms with Crippen molar-refractivity contribution in [1.29, 1.82) is 0 Å². The molecular weight excluding hydrogens is 450 g/mol. The molecule has 0 spiro atoms. The van der Waals surface area contributed by atoms with Crippen molar-refractivity contribution in [3.63, 3.8) is 0 Å². The molecule has 0 aromatic carbocycles. The number of hydrogen-bond acceptors (Lipinski definition) is 5. The molecule has 1 atom stereocenters. The third-order valence-corrected chi connectivity index (χ3v) is 6.83. The van der Waals surface area contributed by atoms with Gasteiger partial charge in [-0.3, -0.25) is 9.59 Å². The van der Waals surface area contributed by atoms with Gasteiger partial charge >= 0.3 is 11.9 Å². The van der Waals surface area contributed by atoms with Crippen molar-refractivity contribution in [1.82, 2.24) is 4.90 Å². The number of esters is 2. The molecule has 0 heterocycles. The topological polar surface area (TPSA) is 55.8 Å². The minimum absolute atomic E-state index is 0.0225. The molecule has 5 heteroatoms. The second kappa shape index (κ2) is 26.9. The van der Waals surface area contributed by atoms with Crippen LogP contribution in [0.4, 0.5) is 0 Å². The van der Waals surface area contributed by atoms with Gasteiger partial charge in [-0.05, 0) is 65.6 Å². The van der Waals surface area contributed by atoms with Crippen LogP contribution in [0.3, 0.4) is 0 Å². The van der Waals surface area contributed by atoms with E-state index >= 15 is 0 Å². The van der Waals surface area contributed by atoms with E-state index in [1.807, 2.05) is 14.1 Å². The zero-order valence-corrected chi connectivity index (χ0v) is 24.6. The van der Waals surface area contributed by atoms with Crippen LogP contribution >= 0.6 is 0 Å². The number of carbonyl (C=O) groups is 2. The Morgan fingerprint density at radius 1 is 0.583 bits per heavy atom. The van der Waals surface area contributed by atoms with E-state index in [2.05, 4.69) is 18.7 Å². The van der Waals surface area contributed by atoms with E-state index in [0.717, 1.165) is 64.3 Å². The van der Waals surface area contributed by atoms with E-state index < -0.39 is 0 Å². The van der Waals surface area contributed by atoms with Crippen LogP contribution in [0.25, 0.3) is 0 Å². The van der Waals surface area contributed by atoms with Crippen LogP contribution in [0.5, 0.6) is 0 Å². The van der Waals surface area contributed by atoms with Crippen LogP contribution in [-0.4, -0.2) is 50.2 Å². The van der Waals surface area contributed by atoms with Crippen LogP contribution in [0.1, 0.15) is 155 Å². The SMILES string of the molecule is CCCCCCCCCC[C@H](CCCCCCCCOC(=O)CCCCC)OC(=O)CCCN(C)C. The van der Waals surface area contributed by atoms with E-state index in [1.165, 1.54) is 70.6 Å². The molecule has 0 aliphatic rings. The van der Waals surface area contributed by atoms with Gasteiger partial charge in [-0.25, -0.2) is 0 Å². The average Bonchev–Trinajstić information content (AvgIpc) is 2.84. The highest BCUT2D eigenvalue weighted by Gasteiger charge is 2.14. The van der Waals surface area contributed by atoms with Crippen LogP contribution < -0.4 is 0 Å². The van der Waals surface area contributed by atoms with Crippen molar-refractivity contribution in [3.8, 4) is 0 Å². The first-order valence-corrected chi connectivity index (χ1v) is 15.5. The molecule has 0 amide bonds. The highest BCUT2D eigenvalue weighted by molar-refractivity contribution is 5.69. The van der Waals surface area contributed by atoms with Crippen LogP contribution in [0, 0.1) is 0 Å². The largest absolute Gasteiger partial charge is 0.466 e. The van der Waals surface area contributed by atoms with Crippen LogP contribution in [-0.2, 0) is 19.1 Å². The minimum Gasteiger partial charge on any atom is -0.466 e. The third kappa shape index (κ3) is 26.0. The van der Waals surface area contributed by atoms with E-state index in [4.69, 9.17) is 9.47 Å². The smallest absolute Gasteiger partial charge is 0.306 e. The summed E-state index contributed by atoms with van der Waals surface area (Å²) in [7, 11) is 4.08. The summed E-state index contributed by atoms with van der Waals surface area (Å²) in [5.74, 6) is -0.0621. The summed E-state index contributed by atoms with van der Waals surface area (Å²) in [6, 6.07) is 0. The monoisotopic (exact) mass is 511 g/mol. The number of hydrogen-bond donors (Lipinski definition) is 0. The van der Waals surface area contributed by atoms with Gasteiger partial charge in [0.05, 0.1) is 6.61 Å².